The Kier molecular flexibility index (Phi) is 10.7. The van der Waals surface area contributed by atoms with Crippen LogP contribution in [0.25, 0.3) is 0 Å². The van der Waals surface area contributed by atoms with Crippen molar-refractivity contribution in [3.63, 3.8) is 0 Å². The molecule has 0 atom stereocenters. The Morgan fingerprint density at radius 1 is 1.00 bits per heavy atom. The average molecular weight is 642 g/mol. The summed E-state index contributed by atoms with van der Waals surface area (Å²) in [5.74, 6) is 8.63. The molecule has 0 aliphatic heterocycles. The smallest absolute Gasteiger partial charge is 0.247 e. The summed E-state index contributed by atoms with van der Waals surface area (Å²) in [6.45, 7) is 14.4. The Hall–Kier alpha value is -3.48. The second-order valence-electron chi connectivity index (χ2n) is 14.8. The summed E-state index contributed by atoms with van der Waals surface area (Å²) >= 11 is 0. The van der Waals surface area contributed by atoms with Crippen molar-refractivity contribution < 1.29 is 14.0 Å². The third-order valence-electron chi connectivity index (χ3n) is 10.6. The zero-order valence-corrected chi connectivity index (χ0v) is 29.7. The summed E-state index contributed by atoms with van der Waals surface area (Å²) in [6, 6.07) is 14.6. The van der Waals surface area contributed by atoms with Crippen molar-refractivity contribution in [1.29, 1.82) is 0 Å². The number of amides is 1. The first-order valence-electron chi connectivity index (χ1n) is 16.9. The van der Waals surface area contributed by atoms with Gasteiger partial charge in [0.25, 0.3) is 0 Å². The van der Waals surface area contributed by atoms with E-state index in [4.69, 9.17) is 9.16 Å². The van der Waals surface area contributed by atoms with Crippen LogP contribution >= 0.6 is 0 Å². The summed E-state index contributed by atoms with van der Waals surface area (Å²) in [5, 5.41) is 14.1. The van der Waals surface area contributed by atoms with Gasteiger partial charge in [0.1, 0.15) is 5.75 Å². The van der Waals surface area contributed by atoms with Crippen molar-refractivity contribution in [2.45, 2.75) is 109 Å². The monoisotopic (exact) mass is 641 g/mol. The average Bonchev–Trinajstić information content (AvgIpc) is 3.56. The van der Waals surface area contributed by atoms with E-state index in [2.05, 4.69) is 102 Å². The molecule has 1 heterocycles. The van der Waals surface area contributed by atoms with E-state index >= 15 is 0 Å². The third kappa shape index (κ3) is 8.26. The number of aromatic amines is 1. The fraction of sp³-hybridized carbons (Fsp3) is 0.568. The fourth-order valence-electron chi connectivity index (χ4n) is 6.75. The maximum atomic E-state index is 14.4. The first-order valence-corrected chi connectivity index (χ1v) is 19.8. The number of benzene rings is 2. The number of hydrogen-bond donors (Lipinski definition) is 1. The van der Waals surface area contributed by atoms with Gasteiger partial charge >= 0.3 is 0 Å². The van der Waals surface area contributed by atoms with Gasteiger partial charge in [-0.05, 0) is 135 Å². The molecule has 5 rings (SSSR count). The fourth-order valence-corrected chi connectivity index (χ4v) is 8.17. The SMILES string of the molecule is COc1ccc(C2CCC(CN(C(=O)C3CCC(O[Si](C)(C)C(C)(C)C)CC3)c3cccc(C#Cc4nn[nH]n4)c3)CC2)cc1C. The highest BCUT2D eigenvalue weighted by molar-refractivity contribution is 6.74. The Balaban J connectivity index is 1.30. The number of tetrazole rings is 1. The van der Waals surface area contributed by atoms with Gasteiger partial charge in [-0.25, -0.2) is 0 Å². The van der Waals surface area contributed by atoms with Gasteiger partial charge in [0.2, 0.25) is 11.7 Å². The van der Waals surface area contributed by atoms with Gasteiger partial charge < -0.3 is 14.1 Å². The number of carbonyl (C=O) groups is 1. The molecule has 0 unspecified atom stereocenters. The third-order valence-corrected chi connectivity index (χ3v) is 15.1. The molecule has 3 aromatic rings. The summed E-state index contributed by atoms with van der Waals surface area (Å²) < 4.78 is 12.2. The van der Waals surface area contributed by atoms with Crippen LogP contribution in [0, 0.1) is 30.6 Å². The number of aryl methyl sites for hydroxylation is 1. The number of hydrogen-bond acceptors (Lipinski definition) is 6. The van der Waals surface area contributed by atoms with Gasteiger partial charge in [-0.2, -0.15) is 5.21 Å². The lowest BCUT2D eigenvalue weighted by Crippen LogP contribution is -2.46. The van der Waals surface area contributed by atoms with Gasteiger partial charge in [-0.1, -0.05) is 50.0 Å². The zero-order valence-electron chi connectivity index (χ0n) is 28.7. The van der Waals surface area contributed by atoms with Crippen molar-refractivity contribution in [3.8, 4) is 17.6 Å². The van der Waals surface area contributed by atoms with Crippen LogP contribution in [0.4, 0.5) is 5.69 Å². The van der Waals surface area contributed by atoms with Gasteiger partial charge in [-0.15, -0.1) is 5.10 Å². The first-order chi connectivity index (χ1) is 21.9. The second kappa shape index (κ2) is 14.5. The number of nitrogens with zero attached hydrogens (tertiary/aromatic N) is 4. The van der Waals surface area contributed by atoms with E-state index in [1.807, 2.05) is 18.2 Å². The predicted molar refractivity (Wildman–Crippen MR) is 185 cm³/mol. The number of aromatic nitrogens is 4. The lowest BCUT2D eigenvalue weighted by molar-refractivity contribution is -0.124. The molecule has 1 amide bonds. The molecule has 2 aliphatic rings. The molecule has 2 aliphatic carbocycles. The molecule has 2 aromatic carbocycles. The molecule has 2 saturated carbocycles. The highest BCUT2D eigenvalue weighted by atomic mass is 28.4. The van der Waals surface area contributed by atoms with E-state index in [0.717, 1.165) is 74.9 Å². The Bertz CT molecular complexity index is 1520. The highest BCUT2D eigenvalue weighted by Crippen LogP contribution is 2.41. The van der Waals surface area contributed by atoms with Crippen LogP contribution in [0.15, 0.2) is 42.5 Å². The molecule has 1 aromatic heterocycles. The van der Waals surface area contributed by atoms with Crippen LogP contribution in [0.5, 0.6) is 5.75 Å². The molecule has 2 fully saturated rings. The Morgan fingerprint density at radius 2 is 1.74 bits per heavy atom. The van der Waals surface area contributed by atoms with Crippen molar-refractivity contribution >= 4 is 19.9 Å². The van der Waals surface area contributed by atoms with Crippen LogP contribution in [-0.2, 0) is 9.22 Å². The van der Waals surface area contributed by atoms with Crippen LogP contribution < -0.4 is 9.64 Å². The topological polar surface area (TPSA) is 93.2 Å². The van der Waals surface area contributed by atoms with Gasteiger partial charge in [-0.3, -0.25) is 4.79 Å². The number of anilines is 1. The molecule has 0 saturated heterocycles. The molecule has 246 valence electrons. The number of nitrogens with one attached hydrogen (secondary N) is 1. The van der Waals surface area contributed by atoms with Crippen LogP contribution in [0.2, 0.25) is 18.1 Å². The summed E-state index contributed by atoms with van der Waals surface area (Å²) in [7, 11) is -0.120. The van der Waals surface area contributed by atoms with Gasteiger partial charge in [0.05, 0.1) is 7.11 Å². The zero-order chi connectivity index (χ0) is 32.9. The van der Waals surface area contributed by atoms with Crippen LogP contribution in [-0.4, -0.2) is 54.6 Å². The van der Waals surface area contributed by atoms with E-state index in [9.17, 15) is 4.79 Å². The number of rotatable bonds is 8. The van der Waals surface area contributed by atoms with Gasteiger partial charge in [0, 0.05) is 29.8 Å². The van der Waals surface area contributed by atoms with Gasteiger partial charge in [0.15, 0.2) is 8.32 Å². The molecule has 0 bridgehead atoms. The predicted octanol–water partition coefficient (Wildman–Crippen LogP) is 7.80. The van der Waals surface area contributed by atoms with Crippen molar-refractivity contribution in [1.82, 2.24) is 20.6 Å². The molecular weight excluding hydrogens is 591 g/mol. The van der Waals surface area contributed by atoms with E-state index in [1.165, 1.54) is 11.1 Å². The van der Waals surface area contributed by atoms with E-state index in [-0.39, 0.29) is 23.0 Å². The maximum Gasteiger partial charge on any atom is 0.247 e. The minimum absolute atomic E-state index is 0.00643. The van der Waals surface area contributed by atoms with E-state index in [0.29, 0.717) is 17.7 Å². The molecule has 1 N–H and O–H groups in total. The molecule has 0 spiro atoms. The van der Waals surface area contributed by atoms with Crippen molar-refractivity contribution in [3.05, 3.63) is 65.0 Å². The Morgan fingerprint density at radius 3 is 2.37 bits per heavy atom. The molecule has 46 heavy (non-hydrogen) atoms. The van der Waals surface area contributed by atoms with Crippen molar-refractivity contribution in [2.75, 3.05) is 18.6 Å². The second-order valence-corrected chi connectivity index (χ2v) is 19.5. The number of H-pyrrole nitrogens is 1. The highest BCUT2D eigenvalue weighted by Gasteiger charge is 2.41. The lowest BCUT2D eigenvalue weighted by Gasteiger charge is -2.41. The van der Waals surface area contributed by atoms with Crippen LogP contribution in [0.3, 0.4) is 0 Å². The molecule has 9 heteroatoms. The Labute approximate surface area is 276 Å². The minimum atomic E-state index is -1.85. The largest absolute Gasteiger partial charge is 0.496 e. The van der Waals surface area contributed by atoms with E-state index < -0.39 is 8.32 Å². The molecule has 0 radical (unpaired) electrons. The quantitative estimate of drug-likeness (QED) is 0.199. The summed E-state index contributed by atoms with van der Waals surface area (Å²) in [6.07, 6.45) is 8.34. The first kappa shape index (κ1) is 33.9. The number of methoxy groups -OCH3 is 1. The molecule has 8 nitrogen and oxygen atoms in total. The number of carbonyl (C=O) groups excluding carboxylic acids is 1. The standard InChI is InChI=1S/C37H51N5O3Si/c1-26-23-31(18-21-34(26)44-5)29-14-11-28(12-15-29)25-42(32-10-8-9-27(24-32)13-22-35-38-40-41-39-35)36(43)30-16-19-33(20-17-30)45-46(6,7)37(2,3)4/h8-10,18,21,23-24,28-30,33H,11-12,14-17,19-20,25H2,1-7H3,(H,38,39,40,41). The van der Waals surface area contributed by atoms with Crippen LogP contribution in [0.1, 0.15) is 101 Å². The molecular formula is C37H51N5O3Si. The van der Waals surface area contributed by atoms with E-state index in [1.54, 1.807) is 7.11 Å². The van der Waals surface area contributed by atoms with Crippen molar-refractivity contribution in [2.24, 2.45) is 11.8 Å². The number of ether oxygens (including phenoxy) is 1. The minimum Gasteiger partial charge on any atom is -0.496 e. The summed E-state index contributed by atoms with van der Waals surface area (Å²) in [5.41, 5.74) is 4.32. The lowest BCUT2D eigenvalue weighted by atomic mass is 9.78. The summed E-state index contributed by atoms with van der Waals surface area (Å²) in [4.78, 5) is 16.4. The maximum absolute atomic E-state index is 14.4. The normalized spacial score (nSPS) is 22.1.